The number of rotatable bonds is 5. The number of carbonyl (C=O) groups excluding carboxylic acids is 1. The van der Waals surface area contributed by atoms with Crippen molar-refractivity contribution in [3.63, 3.8) is 0 Å². The molecule has 1 fully saturated rings. The van der Waals surface area contributed by atoms with Gasteiger partial charge in [0.2, 0.25) is 5.91 Å². The van der Waals surface area contributed by atoms with Gasteiger partial charge in [0.15, 0.2) is 0 Å². The molecule has 4 heteroatoms. The molecular formula is C20H25NO3. The number of fused-ring (bicyclic) bond motifs is 1. The van der Waals surface area contributed by atoms with Gasteiger partial charge in [0.1, 0.15) is 0 Å². The van der Waals surface area contributed by atoms with Crippen LogP contribution in [-0.2, 0) is 16.0 Å². The Morgan fingerprint density at radius 3 is 2.83 bits per heavy atom. The topological polar surface area (TPSA) is 58.6 Å². The Labute approximate surface area is 142 Å². The number of aliphatic hydroxyl groups excluding tert-OH is 1. The van der Waals surface area contributed by atoms with Crippen molar-refractivity contribution in [2.75, 3.05) is 13.7 Å². The van der Waals surface area contributed by atoms with E-state index in [1.54, 1.807) is 7.11 Å². The molecule has 3 rings (SSSR count). The van der Waals surface area contributed by atoms with Crippen LogP contribution in [0.3, 0.4) is 0 Å². The van der Waals surface area contributed by atoms with Crippen molar-refractivity contribution in [2.45, 2.75) is 37.9 Å². The Balaban J connectivity index is 1.55. The Hall–Kier alpha value is -1.91. The number of nitrogens with one attached hydrogen (secondary N) is 1. The molecule has 0 spiro atoms. The van der Waals surface area contributed by atoms with Crippen LogP contribution in [0.25, 0.3) is 10.8 Å². The Bertz CT molecular complexity index is 695. The molecule has 2 aromatic rings. The second-order valence-corrected chi connectivity index (χ2v) is 6.53. The van der Waals surface area contributed by atoms with Crippen molar-refractivity contribution < 1.29 is 14.6 Å². The second kappa shape index (κ2) is 7.77. The van der Waals surface area contributed by atoms with Crippen LogP contribution >= 0.6 is 0 Å². The fourth-order valence-corrected chi connectivity index (χ4v) is 3.58. The Morgan fingerprint density at radius 2 is 2.00 bits per heavy atom. The summed E-state index contributed by atoms with van der Waals surface area (Å²) >= 11 is 0. The van der Waals surface area contributed by atoms with E-state index in [-0.39, 0.29) is 17.9 Å². The zero-order valence-electron chi connectivity index (χ0n) is 14.1. The summed E-state index contributed by atoms with van der Waals surface area (Å²) in [5.41, 5.74) is 1.25. The number of hydrogen-bond donors (Lipinski definition) is 2. The summed E-state index contributed by atoms with van der Waals surface area (Å²) in [7, 11) is 1.59. The van der Waals surface area contributed by atoms with Gasteiger partial charge in [-0.25, -0.2) is 0 Å². The van der Waals surface area contributed by atoms with Gasteiger partial charge in [-0.1, -0.05) is 42.5 Å². The molecule has 1 aliphatic carbocycles. The van der Waals surface area contributed by atoms with Crippen molar-refractivity contribution in [3.05, 3.63) is 48.0 Å². The van der Waals surface area contributed by atoms with Gasteiger partial charge in [-0.05, 0) is 42.0 Å². The zero-order chi connectivity index (χ0) is 16.9. The fourth-order valence-electron chi connectivity index (χ4n) is 3.58. The average molecular weight is 327 g/mol. The van der Waals surface area contributed by atoms with E-state index in [0.717, 1.165) is 12.8 Å². The lowest BCUT2D eigenvalue weighted by Gasteiger charge is -2.31. The van der Waals surface area contributed by atoms with Crippen LogP contribution in [0.5, 0.6) is 0 Å². The van der Waals surface area contributed by atoms with Gasteiger partial charge in [-0.15, -0.1) is 0 Å². The van der Waals surface area contributed by atoms with E-state index in [2.05, 4.69) is 35.6 Å². The van der Waals surface area contributed by atoms with Crippen molar-refractivity contribution in [2.24, 2.45) is 5.92 Å². The third-order valence-corrected chi connectivity index (χ3v) is 5.00. The third kappa shape index (κ3) is 3.77. The lowest BCUT2D eigenvalue weighted by molar-refractivity contribution is -0.130. The number of hydrogen-bond acceptors (Lipinski definition) is 3. The molecule has 1 aliphatic rings. The summed E-state index contributed by atoms with van der Waals surface area (Å²) in [5, 5.41) is 15.4. The summed E-state index contributed by atoms with van der Waals surface area (Å²) in [6, 6.07) is 14.6. The number of amides is 1. The molecule has 0 unspecified atom stereocenters. The summed E-state index contributed by atoms with van der Waals surface area (Å²) < 4.78 is 5.28. The molecule has 24 heavy (non-hydrogen) atoms. The van der Waals surface area contributed by atoms with E-state index >= 15 is 0 Å². The van der Waals surface area contributed by atoms with Gasteiger partial charge in [0, 0.05) is 19.6 Å². The number of ether oxygens (including phenoxy) is 1. The number of carbonyl (C=O) groups is 1. The minimum absolute atomic E-state index is 0.0640. The highest BCUT2D eigenvalue weighted by Gasteiger charge is 2.32. The van der Waals surface area contributed by atoms with E-state index in [0.29, 0.717) is 19.4 Å². The third-order valence-electron chi connectivity index (χ3n) is 5.00. The quantitative estimate of drug-likeness (QED) is 0.888. The van der Waals surface area contributed by atoms with Gasteiger partial charge in [-0.2, -0.15) is 0 Å². The summed E-state index contributed by atoms with van der Waals surface area (Å²) in [6.45, 7) is 0.629. The fraction of sp³-hybridized carbons (Fsp3) is 0.450. The molecule has 128 valence electrons. The molecule has 1 amide bonds. The maximum absolute atomic E-state index is 12.4. The first-order valence-corrected chi connectivity index (χ1v) is 8.64. The largest absolute Gasteiger partial charge is 0.390 e. The summed E-state index contributed by atoms with van der Waals surface area (Å²) in [5.74, 6) is 0.00931. The maximum Gasteiger partial charge on any atom is 0.223 e. The van der Waals surface area contributed by atoms with E-state index in [1.165, 1.54) is 16.3 Å². The van der Waals surface area contributed by atoms with E-state index in [4.69, 9.17) is 4.74 Å². The second-order valence-electron chi connectivity index (χ2n) is 6.53. The van der Waals surface area contributed by atoms with Crippen LogP contribution in [0.4, 0.5) is 0 Å². The minimum Gasteiger partial charge on any atom is -0.390 e. The first-order valence-electron chi connectivity index (χ1n) is 8.64. The van der Waals surface area contributed by atoms with Crippen LogP contribution in [0, 0.1) is 5.92 Å². The molecule has 2 aromatic carbocycles. The molecule has 0 heterocycles. The normalized spacial score (nSPS) is 24.0. The summed E-state index contributed by atoms with van der Waals surface area (Å²) in [4.78, 5) is 12.4. The molecule has 1 saturated carbocycles. The van der Waals surface area contributed by atoms with Crippen LogP contribution in [0.1, 0.15) is 24.8 Å². The van der Waals surface area contributed by atoms with Gasteiger partial charge in [0.25, 0.3) is 0 Å². The molecule has 3 atom stereocenters. The number of benzene rings is 2. The van der Waals surface area contributed by atoms with E-state index < -0.39 is 6.10 Å². The Morgan fingerprint density at radius 1 is 1.21 bits per heavy atom. The molecule has 2 N–H and O–H groups in total. The molecular weight excluding hydrogens is 302 g/mol. The standard InChI is InChI=1S/C20H25NO3/c1-24-19-13-16(9-10-18(19)22)20(23)21-12-11-15-7-4-6-14-5-2-3-8-17(14)15/h2-8,16,18-19,22H,9-13H2,1H3,(H,21,23)/t16-,18+,19-/m1/s1. The first kappa shape index (κ1) is 16.9. The van der Waals surface area contributed by atoms with Gasteiger partial charge in [-0.3, -0.25) is 4.79 Å². The number of methoxy groups -OCH3 is 1. The van der Waals surface area contributed by atoms with Crippen LogP contribution in [0.15, 0.2) is 42.5 Å². The minimum atomic E-state index is -0.449. The average Bonchev–Trinajstić information content (AvgIpc) is 2.62. The molecule has 4 nitrogen and oxygen atoms in total. The monoisotopic (exact) mass is 327 g/mol. The van der Waals surface area contributed by atoms with Crippen molar-refractivity contribution in [1.29, 1.82) is 0 Å². The SMILES string of the molecule is CO[C@@H]1C[C@H](C(=O)NCCc2cccc3ccccc23)CC[C@@H]1O. The first-order chi connectivity index (χ1) is 11.7. The van der Waals surface area contributed by atoms with E-state index in [9.17, 15) is 9.90 Å². The summed E-state index contributed by atoms with van der Waals surface area (Å²) in [6.07, 6.45) is 2.08. The molecule has 0 aliphatic heterocycles. The number of aliphatic hydroxyl groups is 1. The predicted octanol–water partition coefficient (Wildman–Crippen LogP) is 2.67. The highest BCUT2D eigenvalue weighted by Crippen LogP contribution is 2.26. The molecule has 0 bridgehead atoms. The van der Waals surface area contributed by atoms with Crippen LogP contribution < -0.4 is 5.32 Å². The van der Waals surface area contributed by atoms with E-state index in [1.807, 2.05) is 12.1 Å². The van der Waals surface area contributed by atoms with Gasteiger partial charge in [0.05, 0.1) is 12.2 Å². The zero-order valence-corrected chi connectivity index (χ0v) is 14.1. The lowest BCUT2D eigenvalue weighted by Crippen LogP contribution is -2.41. The van der Waals surface area contributed by atoms with Crippen molar-refractivity contribution in [1.82, 2.24) is 5.32 Å². The van der Waals surface area contributed by atoms with Crippen molar-refractivity contribution in [3.8, 4) is 0 Å². The Kier molecular flexibility index (Phi) is 5.48. The molecule has 0 radical (unpaired) electrons. The highest BCUT2D eigenvalue weighted by molar-refractivity contribution is 5.85. The predicted molar refractivity (Wildman–Crippen MR) is 94.8 cm³/mol. The van der Waals surface area contributed by atoms with Gasteiger partial charge < -0.3 is 15.2 Å². The smallest absolute Gasteiger partial charge is 0.223 e. The lowest BCUT2D eigenvalue weighted by atomic mass is 9.84. The van der Waals surface area contributed by atoms with Gasteiger partial charge >= 0.3 is 0 Å². The maximum atomic E-state index is 12.4. The highest BCUT2D eigenvalue weighted by atomic mass is 16.5. The van der Waals surface area contributed by atoms with Crippen molar-refractivity contribution >= 4 is 16.7 Å². The van der Waals surface area contributed by atoms with Crippen LogP contribution in [-0.4, -0.2) is 36.9 Å². The van der Waals surface area contributed by atoms with Crippen LogP contribution in [0.2, 0.25) is 0 Å². The molecule has 0 aromatic heterocycles. The molecule has 0 saturated heterocycles.